The van der Waals surface area contributed by atoms with E-state index in [9.17, 15) is 5.21 Å². The summed E-state index contributed by atoms with van der Waals surface area (Å²) < 4.78 is 0.870. The predicted molar refractivity (Wildman–Crippen MR) is 61.3 cm³/mol. The lowest BCUT2D eigenvalue weighted by Crippen LogP contribution is -1.97. The average molecular weight is 197 g/mol. The molecule has 2 rings (SSSR count). The van der Waals surface area contributed by atoms with Gasteiger partial charge < -0.3 is 5.21 Å². The highest BCUT2D eigenvalue weighted by Gasteiger charge is 1.98. The Bertz CT molecular complexity index is 448. The lowest BCUT2D eigenvalue weighted by atomic mass is 10.2. The van der Waals surface area contributed by atoms with E-state index >= 15 is 0 Å². The molecule has 0 heterocycles. The Balaban J connectivity index is 2.29. The van der Waals surface area contributed by atoms with Crippen molar-refractivity contribution in [2.45, 2.75) is 0 Å². The molecule has 0 spiro atoms. The highest BCUT2D eigenvalue weighted by molar-refractivity contribution is 5.76. The summed E-state index contributed by atoms with van der Waals surface area (Å²) in [5.74, 6) is 0. The number of hydrogen-bond acceptors (Lipinski definition) is 1. The minimum absolute atomic E-state index is 0.640. The van der Waals surface area contributed by atoms with E-state index in [1.54, 1.807) is 18.3 Å². The molecule has 0 aliphatic heterocycles. The van der Waals surface area contributed by atoms with Crippen molar-refractivity contribution in [3.8, 4) is 0 Å². The number of nitrogens with zero attached hydrogens (tertiary/aromatic N) is 1. The van der Waals surface area contributed by atoms with Crippen molar-refractivity contribution in [2.24, 2.45) is 0 Å². The van der Waals surface area contributed by atoms with Gasteiger partial charge in [-0.25, -0.2) is 0 Å². The van der Waals surface area contributed by atoms with Crippen molar-refractivity contribution in [3.05, 3.63) is 71.4 Å². The van der Waals surface area contributed by atoms with Gasteiger partial charge in [-0.2, -0.15) is 4.74 Å². The molecule has 0 N–H and O–H groups in total. The van der Waals surface area contributed by atoms with E-state index in [4.69, 9.17) is 0 Å². The lowest BCUT2D eigenvalue weighted by Gasteiger charge is -2.01. The Kier molecular flexibility index (Phi) is 2.79. The summed E-state index contributed by atoms with van der Waals surface area (Å²) in [5.41, 5.74) is 1.54. The highest BCUT2D eigenvalue weighted by atomic mass is 16.5. The molecule has 0 radical (unpaired) electrons. The van der Waals surface area contributed by atoms with Crippen molar-refractivity contribution in [1.29, 1.82) is 0 Å². The molecule has 0 unspecified atom stereocenters. The second-order valence-corrected chi connectivity index (χ2v) is 3.20. The lowest BCUT2D eigenvalue weighted by molar-refractivity contribution is -0.354. The van der Waals surface area contributed by atoms with E-state index < -0.39 is 0 Å². The summed E-state index contributed by atoms with van der Waals surface area (Å²) in [4.78, 5) is 0. The average Bonchev–Trinajstić information content (AvgIpc) is 2.31. The normalized spacial score (nSPS) is 11.3. The molecule has 0 saturated heterocycles. The van der Waals surface area contributed by atoms with Crippen LogP contribution in [-0.2, 0) is 0 Å². The van der Waals surface area contributed by atoms with Crippen molar-refractivity contribution < 1.29 is 4.74 Å². The van der Waals surface area contributed by atoms with E-state index in [1.165, 1.54) is 0 Å². The second kappa shape index (κ2) is 4.42. The Morgan fingerprint density at radius 3 is 1.93 bits per heavy atom. The molecule has 2 nitrogen and oxygen atoms in total. The number of benzene rings is 2. The van der Waals surface area contributed by atoms with Crippen molar-refractivity contribution >= 4 is 11.9 Å². The SMILES string of the molecule is [O-]/[N+](=C/c1ccccc1)c1ccccc1. The van der Waals surface area contributed by atoms with Crippen LogP contribution in [-0.4, -0.2) is 11.0 Å². The molecule has 0 amide bonds. The van der Waals surface area contributed by atoms with Crippen LogP contribution in [0, 0.1) is 5.21 Å². The van der Waals surface area contributed by atoms with Crippen LogP contribution in [0.1, 0.15) is 5.56 Å². The number of para-hydroxylation sites is 1. The summed E-state index contributed by atoms with van der Waals surface area (Å²) in [5, 5.41) is 11.7. The monoisotopic (exact) mass is 197 g/mol. The largest absolute Gasteiger partial charge is 0.618 e. The molecule has 74 valence electrons. The molecule has 2 aromatic carbocycles. The van der Waals surface area contributed by atoms with E-state index in [0.29, 0.717) is 5.69 Å². The maximum atomic E-state index is 11.7. The van der Waals surface area contributed by atoms with Gasteiger partial charge >= 0.3 is 0 Å². The smallest absolute Gasteiger partial charge is 0.216 e. The fourth-order valence-corrected chi connectivity index (χ4v) is 1.32. The molecule has 0 bridgehead atoms. The quantitative estimate of drug-likeness (QED) is 0.314. The molecular formula is C13H11NO. The topological polar surface area (TPSA) is 26.1 Å². The Morgan fingerprint density at radius 1 is 0.800 bits per heavy atom. The first-order valence-corrected chi connectivity index (χ1v) is 4.77. The van der Waals surface area contributed by atoms with Gasteiger partial charge in [-0.05, 0) is 12.1 Å². The molecule has 2 heteroatoms. The second-order valence-electron chi connectivity index (χ2n) is 3.20. The Hall–Kier alpha value is -2.09. The highest BCUT2D eigenvalue weighted by Crippen LogP contribution is 2.09. The van der Waals surface area contributed by atoms with Crippen LogP contribution in [0.4, 0.5) is 5.69 Å². The van der Waals surface area contributed by atoms with E-state index in [2.05, 4.69) is 0 Å². The summed E-state index contributed by atoms with van der Waals surface area (Å²) in [6.07, 6.45) is 1.56. The summed E-state index contributed by atoms with van der Waals surface area (Å²) in [6.45, 7) is 0. The Morgan fingerprint density at radius 2 is 1.33 bits per heavy atom. The van der Waals surface area contributed by atoms with Crippen LogP contribution in [0.15, 0.2) is 60.7 Å². The molecule has 2 aromatic rings. The van der Waals surface area contributed by atoms with Gasteiger partial charge in [-0.1, -0.05) is 36.4 Å². The fraction of sp³-hybridized carbons (Fsp3) is 0. The minimum Gasteiger partial charge on any atom is -0.618 e. The zero-order valence-electron chi connectivity index (χ0n) is 8.21. The summed E-state index contributed by atoms with van der Waals surface area (Å²) in [6, 6.07) is 18.7. The van der Waals surface area contributed by atoms with Gasteiger partial charge in [0, 0.05) is 17.7 Å². The predicted octanol–water partition coefficient (Wildman–Crippen LogP) is 2.95. The molecule has 0 saturated carbocycles. The minimum atomic E-state index is 0.640. The third kappa shape index (κ3) is 2.44. The zero-order valence-corrected chi connectivity index (χ0v) is 8.21. The van der Waals surface area contributed by atoms with E-state index in [1.807, 2.05) is 48.5 Å². The number of hydrogen-bond donors (Lipinski definition) is 0. The number of rotatable bonds is 2. The molecular weight excluding hydrogens is 186 g/mol. The van der Waals surface area contributed by atoms with Gasteiger partial charge in [-0.15, -0.1) is 0 Å². The van der Waals surface area contributed by atoms with Gasteiger partial charge in [0.15, 0.2) is 6.21 Å². The Labute approximate surface area is 88.7 Å². The van der Waals surface area contributed by atoms with E-state index in [0.717, 1.165) is 10.3 Å². The van der Waals surface area contributed by atoms with Gasteiger partial charge in [-0.3, -0.25) is 0 Å². The standard InChI is InChI=1S/C13H11NO/c15-14(13-9-5-2-6-10-13)11-12-7-3-1-4-8-12/h1-11H/b14-11+. The molecule has 0 fully saturated rings. The van der Waals surface area contributed by atoms with Gasteiger partial charge in [0.1, 0.15) is 0 Å². The van der Waals surface area contributed by atoms with Crippen molar-refractivity contribution in [1.82, 2.24) is 0 Å². The van der Waals surface area contributed by atoms with Crippen LogP contribution < -0.4 is 0 Å². The molecule has 0 aromatic heterocycles. The summed E-state index contributed by atoms with van der Waals surface area (Å²) >= 11 is 0. The van der Waals surface area contributed by atoms with Gasteiger partial charge in [0.05, 0.1) is 0 Å². The van der Waals surface area contributed by atoms with Crippen molar-refractivity contribution in [2.75, 3.05) is 0 Å². The molecule has 15 heavy (non-hydrogen) atoms. The molecule has 0 atom stereocenters. The van der Waals surface area contributed by atoms with Crippen LogP contribution in [0.5, 0.6) is 0 Å². The third-order valence-corrected chi connectivity index (χ3v) is 2.08. The first-order valence-electron chi connectivity index (χ1n) is 4.77. The zero-order chi connectivity index (χ0) is 10.5. The summed E-state index contributed by atoms with van der Waals surface area (Å²) in [7, 11) is 0. The van der Waals surface area contributed by atoms with Crippen LogP contribution >= 0.6 is 0 Å². The fourth-order valence-electron chi connectivity index (χ4n) is 1.32. The van der Waals surface area contributed by atoms with Crippen LogP contribution in [0.25, 0.3) is 0 Å². The first-order chi connectivity index (χ1) is 7.36. The first kappa shape index (κ1) is 9.46. The third-order valence-electron chi connectivity index (χ3n) is 2.08. The van der Waals surface area contributed by atoms with Gasteiger partial charge in [0.25, 0.3) is 0 Å². The van der Waals surface area contributed by atoms with Gasteiger partial charge in [0.2, 0.25) is 5.69 Å². The molecule has 0 aliphatic carbocycles. The molecule has 0 aliphatic rings. The van der Waals surface area contributed by atoms with Crippen LogP contribution in [0.3, 0.4) is 0 Å². The maximum Gasteiger partial charge on any atom is 0.216 e. The van der Waals surface area contributed by atoms with E-state index in [-0.39, 0.29) is 0 Å². The maximum absolute atomic E-state index is 11.7. The van der Waals surface area contributed by atoms with Crippen molar-refractivity contribution in [3.63, 3.8) is 0 Å². The van der Waals surface area contributed by atoms with Crippen LogP contribution in [0.2, 0.25) is 0 Å².